The van der Waals surface area contributed by atoms with Crippen molar-refractivity contribution in [3.05, 3.63) is 194 Å². The average molecular weight is 737 g/mol. The van der Waals surface area contributed by atoms with E-state index in [1.165, 1.54) is 70.2 Å². The van der Waals surface area contributed by atoms with Gasteiger partial charge in [0.05, 0.1) is 0 Å². The van der Waals surface area contributed by atoms with E-state index in [0.29, 0.717) is 17.5 Å². The molecule has 0 saturated heterocycles. The van der Waals surface area contributed by atoms with Gasteiger partial charge in [0, 0.05) is 29.1 Å². The molecule has 268 valence electrons. The monoisotopic (exact) mass is 736 g/mol. The standard InChI is InChI=1S/C54H32N4/c1-2-8-38(9-3-1)52-56-53(39-24-17-33(18-25-39)42-13-7-29-55-32-42)58-54(57-52)40-26-19-34(20-27-40)43-30-41-28-23-37-11-5-15-45-44-14-4-10-35-21-22-36-12-6-16-46(50(36)48(35)44)47(31-43)51(41)49(37)45/h1-32H. The Kier molecular flexibility index (Phi) is 7.20. The van der Waals surface area contributed by atoms with Crippen molar-refractivity contribution in [2.24, 2.45) is 0 Å². The van der Waals surface area contributed by atoms with E-state index in [0.717, 1.165) is 33.4 Å². The van der Waals surface area contributed by atoms with Crippen molar-refractivity contribution in [2.45, 2.75) is 0 Å². The van der Waals surface area contributed by atoms with Crippen LogP contribution in [0.25, 0.3) is 121 Å². The molecule has 12 rings (SSSR count). The summed E-state index contributed by atoms with van der Waals surface area (Å²) < 4.78 is 0. The van der Waals surface area contributed by atoms with Crippen LogP contribution in [0.1, 0.15) is 0 Å². The zero-order valence-corrected chi connectivity index (χ0v) is 31.3. The molecule has 0 bridgehead atoms. The van der Waals surface area contributed by atoms with Gasteiger partial charge in [-0.25, -0.2) is 15.0 Å². The number of nitrogens with zero attached hydrogens (tertiary/aromatic N) is 4. The number of pyridine rings is 1. The van der Waals surface area contributed by atoms with Crippen LogP contribution in [0.5, 0.6) is 0 Å². The van der Waals surface area contributed by atoms with E-state index in [1.54, 1.807) is 6.20 Å². The second-order valence-corrected chi connectivity index (χ2v) is 15.0. The van der Waals surface area contributed by atoms with Crippen molar-refractivity contribution in [3.63, 3.8) is 0 Å². The minimum atomic E-state index is 0.628. The molecule has 4 nitrogen and oxygen atoms in total. The second kappa shape index (κ2) is 12.9. The van der Waals surface area contributed by atoms with Crippen LogP contribution < -0.4 is 0 Å². The number of aromatic nitrogens is 4. The molecular formula is C54H32N4. The lowest BCUT2D eigenvalue weighted by molar-refractivity contribution is 1.07. The Hall–Kier alpha value is -7.82. The topological polar surface area (TPSA) is 51.6 Å². The lowest BCUT2D eigenvalue weighted by atomic mass is 9.86. The Balaban J connectivity index is 1.03. The fourth-order valence-corrected chi connectivity index (χ4v) is 8.96. The van der Waals surface area contributed by atoms with Crippen molar-refractivity contribution in [3.8, 4) is 56.4 Å². The number of hydrogen-bond acceptors (Lipinski definition) is 4. The van der Waals surface area contributed by atoms with E-state index in [1.807, 2.05) is 42.6 Å². The molecule has 0 radical (unpaired) electrons. The highest BCUT2D eigenvalue weighted by Gasteiger charge is 2.17. The van der Waals surface area contributed by atoms with Crippen molar-refractivity contribution in [2.75, 3.05) is 0 Å². The fourth-order valence-electron chi connectivity index (χ4n) is 8.96. The third-order valence-corrected chi connectivity index (χ3v) is 11.7. The first-order valence-corrected chi connectivity index (χ1v) is 19.6. The molecule has 0 spiro atoms. The third kappa shape index (κ3) is 5.16. The lowest BCUT2D eigenvalue weighted by Crippen LogP contribution is -2.00. The molecule has 2 heterocycles. The van der Waals surface area contributed by atoms with Gasteiger partial charge in [-0.15, -0.1) is 0 Å². The molecule has 0 atom stereocenters. The summed E-state index contributed by atoms with van der Waals surface area (Å²) in [7, 11) is 0. The molecule has 2 aromatic heterocycles. The second-order valence-electron chi connectivity index (χ2n) is 15.0. The highest BCUT2D eigenvalue weighted by molar-refractivity contribution is 6.37. The van der Waals surface area contributed by atoms with Crippen LogP contribution in [-0.2, 0) is 0 Å². The quantitative estimate of drug-likeness (QED) is 0.165. The van der Waals surface area contributed by atoms with Crippen molar-refractivity contribution in [1.29, 1.82) is 0 Å². The fraction of sp³-hybridized carbons (Fsp3) is 0. The summed E-state index contributed by atoms with van der Waals surface area (Å²) >= 11 is 0. The Labute approximate surface area is 334 Å². The maximum Gasteiger partial charge on any atom is 0.164 e. The Morgan fingerprint density at radius 3 is 1.21 bits per heavy atom. The van der Waals surface area contributed by atoms with Gasteiger partial charge in [0.15, 0.2) is 17.5 Å². The number of benzene rings is 9. The maximum atomic E-state index is 5.05. The third-order valence-electron chi connectivity index (χ3n) is 11.7. The summed E-state index contributed by atoms with van der Waals surface area (Å²) in [6.45, 7) is 0. The number of fused-ring (bicyclic) bond motifs is 2. The van der Waals surface area contributed by atoms with Crippen LogP contribution in [0.4, 0.5) is 0 Å². The first-order chi connectivity index (χ1) is 28.7. The van der Waals surface area contributed by atoms with Gasteiger partial charge in [-0.05, 0) is 105 Å². The van der Waals surface area contributed by atoms with Crippen LogP contribution in [0.15, 0.2) is 194 Å². The summed E-state index contributed by atoms with van der Waals surface area (Å²) in [4.78, 5) is 19.3. The summed E-state index contributed by atoms with van der Waals surface area (Å²) in [5, 5.41) is 15.3. The maximum absolute atomic E-state index is 5.05. The molecule has 12 aromatic rings. The van der Waals surface area contributed by atoms with Crippen molar-refractivity contribution in [1.82, 2.24) is 19.9 Å². The summed E-state index contributed by atoms with van der Waals surface area (Å²) in [5.41, 5.74) is 7.24. The summed E-state index contributed by atoms with van der Waals surface area (Å²) in [5.74, 6) is 1.90. The van der Waals surface area contributed by atoms with Crippen LogP contribution in [-0.4, -0.2) is 19.9 Å². The van der Waals surface area contributed by atoms with E-state index in [2.05, 4.69) is 151 Å². The first-order valence-electron chi connectivity index (χ1n) is 19.6. The van der Waals surface area contributed by atoms with E-state index in [9.17, 15) is 0 Å². The summed E-state index contributed by atoms with van der Waals surface area (Å²) in [6.07, 6.45) is 3.67. The Morgan fingerprint density at radius 2 is 0.690 bits per heavy atom. The van der Waals surface area contributed by atoms with Crippen molar-refractivity contribution < 1.29 is 0 Å². The Morgan fingerprint density at radius 1 is 0.259 bits per heavy atom. The molecule has 0 amide bonds. The molecule has 4 heteroatoms. The van der Waals surface area contributed by atoms with E-state index < -0.39 is 0 Å². The number of hydrogen-bond donors (Lipinski definition) is 0. The predicted octanol–water partition coefficient (Wildman–Crippen LogP) is 14.0. The van der Waals surface area contributed by atoms with Gasteiger partial charge in [-0.3, -0.25) is 4.98 Å². The zero-order chi connectivity index (χ0) is 38.2. The zero-order valence-electron chi connectivity index (χ0n) is 31.3. The molecule has 0 fully saturated rings. The summed E-state index contributed by atoms with van der Waals surface area (Å²) in [6, 6.07) is 65.2. The van der Waals surface area contributed by atoms with Gasteiger partial charge in [0.2, 0.25) is 0 Å². The smallest absolute Gasteiger partial charge is 0.164 e. The molecule has 0 aliphatic heterocycles. The Bertz CT molecular complexity index is 3520. The van der Waals surface area contributed by atoms with E-state index in [4.69, 9.17) is 15.0 Å². The van der Waals surface area contributed by atoms with E-state index in [-0.39, 0.29) is 0 Å². The van der Waals surface area contributed by atoms with E-state index >= 15 is 0 Å². The molecule has 0 saturated carbocycles. The molecule has 58 heavy (non-hydrogen) atoms. The van der Waals surface area contributed by atoms with Gasteiger partial charge in [0.25, 0.3) is 0 Å². The highest BCUT2D eigenvalue weighted by Crippen LogP contribution is 2.44. The van der Waals surface area contributed by atoms with Crippen molar-refractivity contribution >= 4 is 64.6 Å². The highest BCUT2D eigenvalue weighted by atomic mass is 15.0. The first kappa shape index (κ1) is 32.4. The largest absolute Gasteiger partial charge is 0.264 e. The molecule has 0 aliphatic rings. The van der Waals surface area contributed by atoms with Crippen LogP contribution in [0.2, 0.25) is 0 Å². The molecule has 0 aliphatic carbocycles. The molecular weight excluding hydrogens is 705 g/mol. The number of rotatable bonds is 5. The predicted molar refractivity (Wildman–Crippen MR) is 241 cm³/mol. The minimum Gasteiger partial charge on any atom is -0.264 e. The van der Waals surface area contributed by atoms with Crippen LogP contribution in [0.3, 0.4) is 0 Å². The SMILES string of the molecule is c1ccc(-c2nc(-c3ccc(-c4cccnc4)cc3)nc(-c3ccc(-c4cc5ccc6cccc7c8cccc9ccc%10cccc(c(c4)c5c67)c%10c98)cc3)n2)cc1. The van der Waals surface area contributed by atoms with Gasteiger partial charge >= 0.3 is 0 Å². The molecule has 10 aromatic carbocycles. The van der Waals surface area contributed by atoms with Gasteiger partial charge in [-0.1, -0.05) is 164 Å². The average Bonchev–Trinajstić information content (AvgIpc) is 3.30. The minimum absolute atomic E-state index is 0.628. The van der Waals surface area contributed by atoms with Gasteiger partial charge < -0.3 is 0 Å². The van der Waals surface area contributed by atoms with Crippen LogP contribution >= 0.6 is 0 Å². The van der Waals surface area contributed by atoms with Crippen LogP contribution in [0, 0.1) is 0 Å². The lowest BCUT2D eigenvalue weighted by Gasteiger charge is -2.17. The molecule has 0 unspecified atom stereocenters. The molecule has 0 N–H and O–H groups in total. The normalized spacial score (nSPS) is 11.8. The van der Waals surface area contributed by atoms with Gasteiger partial charge in [-0.2, -0.15) is 0 Å². The van der Waals surface area contributed by atoms with Gasteiger partial charge in [0.1, 0.15) is 0 Å².